The summed E-state index contributed by atoms with van der Waals surface area (Å²) in [6.45, 7) is 8.95. The van der Waals surface area contributed by atoms with Crippen molar-refractivity contribution in [3.8, 4) is 5.75 Å². The molecule has 1 unspecified atom stereocenters. The molecule has 3 N–H and O–H groups in total. The first kappa shape index (κ1) is 21.3. The monoisotopic (exact) mass is 350 g/mol. The fourth-order valence-corrected chi connectivity index (χ4v) is 2.29. The Balaban J connectivity index is 2.59. The Bertz CT molecular complexity index is 518. The highest BCUT2D eigenvalue weighted by Crippen LogP contribution is 2.20. The van der Waals surface area contributed by atoms with Crippen LogP contribution in [0, 0.1) is 0 Å². The number of aliphatic imine (C=N–C) groups is 1. The average Bonchev–Trinajstić information content (AvgIpc) is 2.55. The van der Waals surface area contributed by atoms with Gasteiger partial charge in [0, 0.05) is 13.1 Å². The van der Waals surface area contributed by atoms with E-state index in [2.05, 4.69) is 34.6 Å². The van der Waals surface area contributed by atoms with E-state index in [1.165, 1.54) is 0 Å². The van der Waals surface area contributed by atoms with Crippen LogP contribution in [-0.2, 0) is 0 Å². The summed E-state index contributed by atoms with van der Waals surface area (Å²) in [5.41, 5.74) is 0.811. The van der Waals surface area contributed by atoms with Crippen molar-refractivity contribution >= 4 is 5.96 Å². The first-order valence-corrected chi connectivity index (χ1v) is 9.04. The number of nitrogens with one attached hydrogen (secondary N) is 2. The van der Waals surface area contributed by atoms with Crippen molar-refractivity contribution < 1.29 is 9.84 Å². The lowest BCUT2D eigenvalue weighted by molar-refractivity contribution is 0.185. The van der Waals surface area contributed by atoms with E-state index in [1.54, 1.807) is 0 Å². The fraction of sp³-hybridized carbons (Fsp3) is 0.632. The smallest absolute Gasteiger partial charge is 0.191 e. The van der Waals surface area contributed by atoms with Gasteiger partial charge in [0.05, 0.1) is 18.8 Å². The van der Waals surface area contributed by atoms with Gasteiger partial charge in [-0.1, -0.05) is 12.1 Å². The zero-order chi connectivity index (χ0) is 18.7. The van der Waals surface area contributed by atoms with Gasteiger partial charge in [-0.15, -0.1) is 0 Å². The Morgan fingerprint density at radius 1 is 1.28 bits per heavy atom. The van der Waals surface area contributed by atoms with Gasteiger partial charge >= 0.3 is 0 Å². The van der Waals surface area contributed by atoms with Crippen LogP contribution in [-0.4, -0.2) is 62.3 Å². The predicted octanol–water partition coefficient (Wildman–Crippen LogP) is 2.01. The number of hydrogen-bond acceptors (Lipinski definition) is 4. The molecule has 1 aromatic carbocycles. The summed E-state index contributed by atoms with van der Waals surface area (Å²) < 4.78 is 5.68. The van der Waals surface area contributed by atoms with E-state index in [9.17, 15) is 5.11 Å². The minimum Gasteiger partial charge on any atom is -0.491 e. The van der Waals surface area contributed by atoms with Crippen LogP contribution in [0.25, 0.3) is 0 Å². The molecule has 0 fully saturated rings. The van der Waals surface area contributed by atoms with Crippen molar-refractivity contribution in [2.24, 2.45) is 4.99 Å². The van der Waals surface area contributed by atoms with Crippen LogP contribution >= 0.6 is 0 Å². The molecule has 1 rings (SSSR count). The molecule has 0 aliphatic rings. The minimum absolute atomic E-state index is 0.108. The Morgan fingerprint density at radius 2 is 2.04 bits per heavy atom. The SMILES string of the molecule is CCNC(=NCC(O)c1cccc(OC(C)C)c1)NCCCN(C)C. The maximum Gasteiger partial charge on any atom is 0.191 e. The molecule has 0 aliphatic carbocycles. The third-order valence-electron chi connectivity index (χ3n) is 3.46. The van der Waals surface area contributed by atoms with Crippen LogP contribution in [0.15, 0.2) is 29.3 Å². The molecule has 0 amide bonds. The summed E-state index contributed by atoms with van der Waals surface area (Å²) in [6.07, 6.45) is 0.485. The van der Waals surface area contributed by atoms with E-state index in [-0.39, 0.29) is 6.10 Å². The van der Waals surface area contributed by atoms with E-state index in [0.29, 0.717) is 6.54 Å². The van der Waals surface area contributed by atoms with E-state index in [1.807, 2.05) is 45.0 Å². The molecule has 0 radical (unpaired) electrons. The van der Waals surface area contributed by atoms with Crippen molar-refractivity contribution in [1.29, 1.82) is 0 Å². The van der Waals surface area contributed by atoms with E-state index >= 15 is 0 Å². The van der Waals surface area contributed by atoms with Crippen molar-refractivity contribution in [3.63, 3.8) is 0 Å². The highest BCUT2D eigenvalue weighted by molar-refractivity contribution is 5.79. The Hall–Kier alpha value is -1.79. The molecule has 0 aliphatic heterocycles. The molecular formula is C19H34N4O2. The summed E-state index contributed by atoms with van der Waals surface area (Å²) in [5, 5.41) is 16.9. The Morgan fingerprint density at radius 3 is 2.68 bits per heavy atom. The number of guanidine groups is 1. The molecule has 142 valence electrons. The summed E-state index contributed by atoms with van der Waals surface area (Å²) in [5.74, 6) is 1.50. The lowest BCUT2D eigenvalue weighted by atomic mass is 10.1. The van der Waals surface area contributed by atoms with Crippen molar-refractivity contribution in [3.05, 3.63) is 29.8 Å². The van der Waals surface area contributed by atoms with Crippen LogP contribution in [0.2, 0.25) is 0 Å². The van der Waals surface area contributed by atoms with Crippen molar-refractivity contribution in [2.75, 3.05) is 40.3 Å². The van der Waals surface area contributed by atoms with Gasteiger partial charge in [0.25, 0.3) is 0 Å². The number of hydrogen-bond donors (Lipinski definition) is 3. The number of benzene rings is 1. The number of aliphatic hydroxyl groups excluding tert-OH is 1. The number of aliphatic hydroxyl groups is 1. The molecule has 0 aromatic heterocycles. The van der Waals surface area contributed by atoms with E-state index in [4.69, 9.17) is 4.74 Å². The standard InChI is InChI=1S/C19H34N4O2/c1-6-20-19(21-11-8-12-23(4)5)22-14-18(24)16-9-7-10-17(13-16)25-15(2)3/h7,9-10,13,15,18,24H,6,8,11-12,14H2,1-5H3,(H2,20,21,22). The fourth-order valence-electron chi connectivity index (χ4n) is 2.29. The maximum atomic E-state index is 10.4. The van der Waals surface area contributed by atoms with Crippen molar-refractivity contribution in [2.45, 2.75) is 39.4 Å². The number of rotatable bonds is 10. The van der Waals surface area contributed by atoms with E-state index in [0.717, 1.165) is 43.3 Å². The maximum absolute atomic E-state index is 10.4. The van der Waals surface area contributed by atoms with Gasteiger partial charge < -0.3 is 25.4 Å². The topological polar surface area (TPSA) is 69.1 Å². The van der Waals surface area contributed by atoms with Crippen LogP contribution in [0.4, 0.5) is 0 Å². The normalized spacial score (nSPS) is 13.2. The number of nitrogens with zero attached hydrogens (tertiary/aromatic N) is 2. The molecule has 25 heavy (non-hydrogen) atoms. The first-order chi connectivity index (χ1) is 11.9. The predicted molar refractivity (Wildman–Crippen MR) is 104 cm³/mol. The zero-order valence-corrected chi connectivity index (χ0v) is 16.2. The van der Waals surface area contributed by atoms with Gasteiger partial charge in [0.1, 0.15) is 5.75 Å². The second kappa shape index (κ2) is 11.7. The summed E-state index contributed by atoms with van der Waals surface area (Å²) in [7, 11) is 4.12. The molecule has 0 saturated carbocycles. The molecule has 0 saturated heterocycles. The quantitative estimate of drug-likeness (QED) is 0.342. The summed E-state index contributed by atoms with van der Waals surface area (Å²) in [6, 6.07) is 7.56. The molecule has 6 nitrogen and oxygen atoms in total. The van der Waals surface area contributed by atoms with Crippen LogP contribution < -0.4 is 15.4 Å². The molecule has 0 bridgehead atoms. The lowest BCUT2D eigenvalue weighted by Crippen LogP contribution is -2.38. The van der Waals surface area contributed by atoms with Crippen LogP contribution in [0.3, 0.4) is 0 Å². The molecular weight excluding hydrogens is 316 g/mol. The summed E-state index contributed by atoms with van der Waals surface area (Å²) in [4.78, 5) is 6.64. The Kier molecular flexibility index (Phi) is 9.96. The average molecular weight is 351 g/mol. The molecule has 6 heteroatoms. The van der Waals surface area contributed by atoms with Crippen LogP contribution in [0.5, 0.6) is 5.75 Å². The highest BCUT2D eigenvalue weighted by atomic mass is 16.5. The second-order valence-corrected chi connectivity index (χ2v) is 6.56. The first-order valence-electron chi connectivity index (χ1n) is 9.04. The Labute approximate surface area is 152 Å². The largest absolute Gasteiger partial charge is 0.491 e. The van der Waals surface area contributed by atoms with Gasteiger partial charge in [0.15, 0.2) is 5.96 Å². The van der Waals surface area contributed by atoms with E-state index < -0.39 is 6.10 Å². The van der Waals surface area contributed by atoms with Crippen LogP contribution in [0.1, 0.15) is 38.9 Å². The minimum atomic E-state index is -0.659. The lowest BCUT2D eigenvalue weighted by Gasteiger charge is -2.15. The van der Waals surface area contributed by atoms with Gasteiger partial charge in [0.2, 0.25) is 0 Å². The van der Waals surface area contributed by atoms with Gasteiger partial charge in [-0.05, 0) is 65.5 Å². The third-order valence-corrected chi connectivity index (χ3v) is 3.46. The molecule has 1 aromatic rings. The third kappa shape index (κ3) is 9.31. The van der Waals surface area contributed by atoms with Crippen molar-refractivity contribution in [1.82, 2.24) is 15.5 Å². The summed E-state index contributed by atoms with van der Waals surface area (Å²) >= 11 is 0. The molecule has 0 spiro atoms. The molecule has 0 heterocycles. The van der Waals surface area contributed by atoms with Gasteiger partial charge in [-0.2, -0.15) is 0 Å². The van der Waals surface area contributed by atoms with Gasteiger partial charge in [-0.25, -0.2) is 0 Å². The zero-order valence-electron chi connectivity index (χ0n) is 16.2. The molecule has 1 atom stereocenters. The number of ether oxygens (including phenoxy) is 1. The second-order valence-electron chi connectivity index (χ2n) is 6.56. The highest BCUT2D eigenvalue weighted by Gasteiger charge is 2.09. The van der Waals surface area contributed by atoms with Gasteiger partial charge in [-0.3, -0.25) is 4.99 Å².